The van der Waals surface area contributed by atoms with Crippen LogP contribution in [0.5, 0.6) is 0 Å². The maximum atomic E-state index is 14.0. The molecule has 0 amide bonds. The molecule has 0 fully saturated rings. The highest BCUT2D eigenvalue weighted by molar-refractivity contribution is 7.98. The molecule has 0 saturated carbocycles. The number of hydrogen-bond donors (Lipinski definition) is 0. The molecule has 1 aliphatic carbocycles. The smallest absolute Gasteiger partial charge is 0.267 e. The van der Waals surface area contributed by atoms with Crippen LogP contribution in [0.1, 0.15) is 48.8 Å². The molecule has 1 unspecified atom stereocenters. The van der Waals surface area contributed by atoms with Crippen molar-refractivity contribution in [2.24, 2.45) is 11.3 Å². The third-order valence-electron chi connectivity index (χ3n) is 6.84. The molecule has 2 aromatic carbocycles. The summed E-state index contributed by atoms with van der Waals surface area (Å²) in [5, 5.41) is 1.62. The minimum absolute atomic E-state index is 0.0802. The third kappa shape index (κ3) is 4.29. The molecule has 0 spiro atoms. The minimum Gasteiger partial charge on any atom is -0.268 e. The number of benzene rings is 2. The SMILES string of the molecule is Cc1ccccc1-n1c(SCc2ccccc2)nc2sc3c(c2c1=O)CCC(C(C)(C)C)C3. The van der Waals surface area contributed by atoms with Gasteiger partial charge in [0.25, 0.3) is 5.56 Å². The lowest BCUT2D eigenvalue weighted by Crippen LogP contribution is -2.27. The van der Waals surface area contributed by atoms with Crippen molar-refractivity contribution in [2.75, 3.05) is 0 Å². The molecule has 0 radical (unpaired) electrons. The van der Waals surface area contributed by atoms with Gasteiger partial charge in [-0.2, -0.15) is 0 Å². The molecule has 0 saturated heterocycles. The summed E-state index contributed by atoms with van der Waals surface area (Å²) >= 11 is 3.38. The summed E-state index contributed by atoms with van der Waals surface area (Å²) in [4.78, 5) is 21.4. The number of fused-ring (bicyclic) bond motifs is 3. The van der Waals surface area contributed by atoms with Gasteiger partial charge < -0.3 is 0 Å². The molecule has 0 bridgehead atoms. The fourth-order valence-corrected chi connectivity index (χ4v) is 7.09. The van der Waals surface area contributed by atoms with Gasteiger partial charge in [0.05, 0.1) is 11.1 Å². The summed E-state index contributed by atoms with van der Waals surface area (Å²) in [5.74, 6) is 1.42. The van der Waals surface area contributed by atoms with E-state index in [1.807, 2.05) is 28.8 Å². The van der Waals surface area contributed by atoms with Crippen molar-refractivity contribution in [3.05, 3.63) is 86.5 Å². The summed E-state index contributed by atoms with van der Waals surface area (Å²) in [6, 6.07) is 18.5. The number of thioether (sulfide) groups is 1. The fourth-order valence-electron chi connectivity index (χ4n) is 4.79. The van der Waals surface area contributed by atoms with Gasteiger partial charge in [-0.15, -0.1) is 11.3 Å². The van der Waals surface area contributed by atoms with E-state index >= 15 is 0 Å². The molecule has 33 heavy (non-hydrogen) atoms. The highest BCUT2D eigenvalue weighted by Crippen LogP contribution is 2.42. The Morgan fingerprint density at radius 1 is 1.09 bits per heavy atom. The van der Waals surface area contributed by atoms with Gasteiger partial charge in [-0.05, 0) is 60.3 Å². The Kier molecular flexibility index (Phi) is 5.96. The van der Waals surface area contributed by atoms with E-state index in [-0.39, 0.29) is 11.0 Å². The van der Waals surface area contributed by atoms with Crippen LogP contribution in [0.15, 0.2) is 64.5 Å². The van der Waals surface area contributed by atoms with Crippen LogP contribution in [-0.2, 0) is 18.6 Å². The van der Waals surface area contributed by atoms with E-state index in [0.717, 1.165) is 51.6 Å². The molecule has 1 aliphatic rings. The first kappa shape index (κ1) is 22.4. The van der Waals surface area contributed by atoms with E-state index in [1.54, 1.807) is 23.1 Å². The van der Waals surface area contributed by atoms with Crippen molar-refractivity contribution in [3.8, 4) is 5.69 Å². The maximum Gasteiger partial charge on any atom is 0.267 e. The van der Waals surface area contributed by atoms with E-state index in [9.17, 15) is 4.79 Å². The first-order valence-electron chi connectivity index (χ1n) is 11.6. The standard InChI is InChI=1S/C28H30N2OS2/c1-18-10-8-9-13-22(18)30-26(31)24-21-15-14-20(28(2,3)4)16-23(21)33-25(24)29-27(30)32-17-19-11-6-5-7-12-19/h5-13,20H,14-17H2,1-4H3. The van der Waals surface area contributed by atoms with Crippen molar-refractivity contribution in [1.82, 2.24) is 9.55 Å². The Hall–Kier alpha value is -2.37. The molecule has 2 heterocycles. The van der Waals surface area contributed by atoms with Gasteiger partial charge in [-0.1, -0.05) is 81.1 Å². The Balaban J connectivity index is 1.66. The van der Waals surface area contributed by atoms with E-state index in [4.69, 9.17) is 4.98 Å². The Morgan fingerprint density at radius 2 is 1.82 bits per heavy atom. The van der Waals surface area contributed by atoms with Crippen LogP contribution < -0.4 is 5.56 Å². The largest absolute Gasteiger partial charge is 0.268 e. The lowest BCUT2D eigenvalue weighted by atomic mass is 9.72. The first-order chi connectivity index (χ1) is 15.8. The highest BCUT2D eigenvalue weighted by Gasteiger charge is 2.32. The number of hydrogen-bond acceptors (Lipinski definition) is 4. The van der Waals surface area contributed by atoms with Gasteiger partial charge in [-0.3, -0.25) is 9.36 Å². The summed E-state index contributed by atoms with van der Waals surface area (Å²) in [5.41, 5.74) is 4.84. The molecule has 0 aliphatic heterocycles. The maximum absolute atomic E-state index is 14.0. The normalized spacial score (nSPS) is 16.2. The average Bonchev–Trinajstić information content (AvgIpc) is 3.16. The molecule has 4 aromatic rings. The van der Waals surface area contributed by atoms with E-state index < -0.39 is 0 Å². The van der Waals surface area contributed by atoms with Crippen LogP contribution in [0.25, 0.3) is 15.9 Å². The molecule has 3 nitrogen and oxygen atoms in total. The number of thiophene rings is 1. The van der Waals surface area contributed by atoms with Crippen LogP contribution in [-0.4, -0.2) is 9.55 Å². The molecule has 170 valence electrons. The second-order valence-electron chi connectivity index (χ2n) is 10.1. The van der Waals surface area contributed by atoms with Crippen molar-refractivity contribution in [1.29, 1.82) is 0 Å². The number of aromatic nitrogens is 2. The van der Waals surface area contributed by atoms with Crippen molar-refractivity contribution in [2.45, 2.75) is 57.9 Å². The molecule has 1 atom stereocenters. The highest BCUT2D eigenvalue weighted by atomic mass is 32.2. The molecule has 2 aromatic heterocycles. The molecule has 0 N–H and O–H groups in total. The third-order valence-corrected chi connectivity index (χ3v) is 9.00. The van der Waals surface area contributed by atoms with E-state index in [1.165, 1.54) is 16.0 Å². The number of nitrogens with zero attached hydrogens (tertiary/aromatic N) is 2. The summed E-state index contributed by atoms with van der Waals surface area (Å²) in [7, 11) is 0. The number of para-hydroxylation sites is 1. The number of aryl methyl sites for hydroxylation is 2. The van der Waals surface area contributed by atoms with Gasteiger partial charge in [0.1, 0.15) is 4.83 Å². The van der Waals surface area contributed by atoms with Crippen LogP contribution in [0.3, 0.4) is 0 Å². The van der Waals surface area contributed by atoms with E-state index in [0.29, 0.717) is 5.92 Å². The lowest BCUT2D eigenvalue weighted by molar-refractivity contribution is 0.218. The minimum atomic E-state index is 0.0802. The van der Waals surface area contributed by atoms with Crippen LogP contribution >= 0.6 is 23.1 Å². The second-order valence-corrected chi connectivity index (χ2v) is 12.1. The number of rotatable bonds is 4. The van der Waals surface area contributed by atoms with Gasteiger partial charge in [0.15, 0.2) is 5.16 Å². The fraction of sp³-hybridized carbons (Fsp3) is 0.357. The Labute approximate surface area is 203 Å². The quantitative estimate of drug-likeness (QED) is 0.232. The van der Waals surface area contributed by atoms with Crippen LogP contribution in [0, 0.1) is 18.3 Å². The Morgan fingerprint density at radius 3 is 2.55 bits per heavy atom. The zero-order chi connectivity index (χ0) is 23.2. The lowest BCUT2D eigenvalue weighted by Gasteiger charge is -2.33. The second kappa shape index (κ2) is 8.77. The predicted molar refractivity (Wildman–Crippen MR) is 141 cm³/mol. The van der Waals surface area contributed by atoms with Gasteiger partial charge in [0, 0.05) is 10.6 Å². The van der Waals surface area contributed by atoms with Crippen molar-refractivity contribution in [3.63, 3.8) is 0 Å². The van der Waals surface area contributed by atoms with Crippen LogP contribution in [0.4, 0.5) is 0 Å². The summed E-state index contributed by atoms with van der Waals surface area (Å²) in [6.45, 7) is 9.06. The van der Waals surface area contributed by atoms with Gasteiger partial charge in [0.2, 0.25) is 0 Å². The molecular formula is C28H30N2OS2. The summed E-state index contributed by atoms with van der Waals surface area (Å²) < 4.78 is 1.86. The molecule has 5 heteroatoms. The zero-order valence-corrected chi connectivity index (χ0v) is 21.4. The van der Waals surface area contributed by atoms with Gasteiger partial charge in [-0.25, -0.2) is 4.98 Å². The molecular weight excluding hydrogens is 444 g/mol. The summed E-state index contributed by atoms with van der Waals surface area (Å²) in [6.07, 6.45) is 3.16. The zero-order valence-electron chi connectivity index (χ0n) is 19.7. The topological polar surface area (TPSA) is 34.9 Å². The Bertz CT molecular complexity index is 1360. The van der Waals surface area contributed by atoms with Crippen LogP contribution in [0.2, 0.25) is 0 Å². The monoisotopic (exact) mass is 474 g/mol. The van der Waals surface area contributed by atoms with Gasteiger partial charge >= 0.3 is 0 Å². The predicted octanol–water partition coefficient (Wildman–Crippen LogP) is 7.20. The first-order valence-corrected chi connectivity index (χ1v) is 13.4. The van der Waals surface area contributed by atoms with Crippen molar-refractivity contribution < 1.29 is 0 Å². The molecule has 5 rings (SSSR count). The van der Waals surface area contributed by atoms with Crippen molar-refractivity contribution >= 4 is 33.3 Å². The average molecular weight is 475 g/mol. The van der Waals surface area contributed by atoms with E-state index in [2.05, 4.69) is 58.0 Å².